The molecule has 1 rings (SSSR count). The normalized spacial score (nSPS) is 11.4. The van der Waals surface area contributed by atoms with Crippen molar-refractivity contribution in [2.45, 2.75) is 39.2 Å². The van der Waals surface area contributed by atoms with Crippen molar-refractivity contribution in [1.29, 1.82) is 0 Å². The van der Waals surface area contributed by atoms with Crippen LogP contribution in [0.5, 0.6) is 0 Å². The highest BCUT2D eigenvalue weighted by atomic mass is 35.5. The molecule has 0 saturated carbocycles. The molecule has 0 aliphatic heterocycles. The molecule has 0 aliphatic rings. The van der Waals surface area contributed by atoms with Crippen molar-refractivity contribution in [2.24, 2.45) is 5.73 Å². The summed E-state index contributed by atoms with van der Waals surface area (Å²) >= 11 is 6.02. The molecule has 1 aromatic carbocycles. The summed E-state index contributed by atoms with van der Waals surface area (Å²) in [7, 11) is 0. The first-order valence-corrected chi connectivity index (χ1v) is 6.00. The first kappa shape index (κ1) is 14.0. The molecular weight excluding hydrogens is 236 g/mol. The summed E-state index contributed by atoms with van der Waals surface area (Å²) in [4.78, 5) is 11.7. The van der Waals surface area contributed by atoms with Gasteiger partial charge in [0.05, 0.1) is 10.7 Å². The fourth-order valence-corrected chi connectivity index (χ4v) is 1.65. The number of nitrogens with one attached hydrogen (secondary N) is 1. The average Bonchev–Trinajstić information content (AvgIpc) is 2.18. The highest BCUT2D eigenvalue weighted by molar-refractivity contribution is 6.33. The van der Waals surface area contributed by atoms with E-state index in [-0.39, 0.29) is 11.4 Å². The summed E-state index contributed by atoms with van der Waals surface area (Å²) in [5.41, 5.74) is 7.21. The van der Waals surface area contributed by atoms with E-state index in [4.69, 9.17) is 17.3 Å². The van der Waals surface area contributed by atoms with E-state index in [1.807, 2.05) is 39.0 Å². The predicted molar refractivity (Wildman–Crippen MR) is 72.3 cm³/mol. The maximum atomic E-state index is 11.7. The second-order valence-electron chi connectivity index (χ2n) is 5.02. The van der Waals surface area contributed by atoms with E-state index in [9.17, 15) is 4.79 Å². The number of rotatable bonds is 4. The van der Waals surface area contributed by atoms with Crippen LogP contribution in [-0.4, -0.2) is 11.4 Å². The second-order valence-corrected chi connectivity index (χ2v) is 5.43. The maximum absolute atomic E-state index is 11.7. The Kier molecular flexibility index (Phi) is 4.54. The molecule has 94 valence electrons. The molecule has 3 N–H and O–H groups in total. The van der Waals surface area contributed by atoms with Crippen LogP contribution in [-0.2, 0) is 4.79 Å². The van der Waals surface area contributed by atoms with E-state index in [0.29, 0.717) is 23.6 Å². The summed E-state index contributed by atoms with van der Waals surface area (Å²) in [5.74, 6) is -0.0609. The van der Waals surface area contributed by atoms with Gasteiger partial charge in [-0.25, -0.2) is 0 Å². The Bertz CT molecular complexity index is 410. The van der Waals surface area contributed by atoms with Crippen molar-refractivity contribution in [3.63, 3.8) is 0 Å². The van der Waals surface area contributed by atoms with Crippen molar-refractivity contribution in [3.8, 4) is 0 Å². The number of aryl methyl sites for hydroxylation is 1. The Morgan fingerprint density at radius 2 is 2.12 bits per heavy atom. The smallest absolute Gasteiger partial charge is 0.224 e. The van der Waals surface area contributed by atoms with Gasteiger partial charge in [-0.05, 0) is 44.9 Å². The number of hydrogen-bond acceptors (Lipinski definition) is 2. The van der Waals surface area contributed by atoms with E-state index in [0.717, 1.165) is 5.56 Å². The SMILES string of the molecule is Cc1ccc(NC(=O)CCC(C)(C)N)c(Cl)c1. The van der Waals surface area contributed by atoms with E-state index < -0.39 is 0 Å². The molecule has 0 aliphatic carbocycles. The topological polar surface area (TPSA) is 55.1 Å². The van der Waals surface area contributed by atoms with E-state index >= 15 is 0 Å². The lowest BCUT2D eigenvalue weighted by Gasteiger charge is -2.17. The minimum Gasteiger partial charge on any atom is -0.326 e. The molecule has 0 saturated heterocycles. The zero-order valence-electron chi connectivity index (χ0n) is 10.5. The van der Waals surface area contributed by atoms with Gasteiger partial charge in [0.1, 0.15) is 0 Å². The molecule has 0 fully saturated rings. The van der Waals surface area contributed by atoms with Gasteiger partial charge in [-0.1, -0.05) is 17.7 Å². The Balaban J connectivity index is 2.57. The van der Waals surface area contributed by atoms with Crippen LogP contribution in [0.15, 0.2) is 18.2 Å². The Hall–Kier alpha value is -1.06. The number of benzene rings is 1. The van der Waals surface area contributed by atoms with E-state index in [1.54, 1.807) is 0 Å². The second kappa shape index (κ2) is 5.52. The van der Waals surface area contributed by atoms with Gasteiger partial charge in [0.2, 0.25) is 5.91 Å². The van der Waals surface area contributed by atoms with Crippen LogP contribution in [0.1, 0.15) is 32.3 Å². The number of carbonyl (C=O) groups is 1. The average molecular weight is 255 g/mol. The van der Waals surface area contributed by atoms with Crippen LogP contribution >= 0.6 is 11.6 Å². The highest BCUT2D eigenvalue weighted by Crippen LogP contribution is 2.23. The van der Waals surface area contributed by atoms with Gasteiger partial charge < -0.3 is 11.1 Å². The zero-order valence-corrected chi connectivity index (χ0v) is 11.3. The molecule has 4 heteroatoms. The molecule has 0 aromatic heterocycles. The van der Waals surface area contributed by atoms with Crippen LogP contribution in [0.2, 0.25) is 5.02 Å². The van der Waals surface area contributed by atoms with Gasteiger partial charge in [-0.15, -0.1) is 0 Å². The molecule has 0 bridgehead atoms. The molecule has 0 radical (unpaired) electrons. The molecule has 17 heavy (non-hydrogen) atoms. The monoisotopic (exact) mass is 254 g/mol. The van der Waals surface area contributed by atoms with Gasteiger partial charge in [-0.2, -0.15) is 0 Å². The van der Waals surface area contributed by atoms with Crippen LogP contribution < -0.4 is 11.1 Å². The van der Waals surface area contributed by atoms with Crippen molar-refractivity contribution in [3.05, 3.63) is 28.8 Å². The fraction of sp³-hybridized carbons (Fsp3) is 0.462. The Labute approximate surface area is 107 Å². The molecule has 0 unspecified atom stereocenters. The fourth-order valence-electron chi connectivity index (χ4n) is 1.37. The third-order valence-corrected chi connectivity index (χ3v) is 2.71. The molecule has 0 spiro atoms. The molecule has 3 nitrogen and oxygen atoms in total. The van der Waals surface area contributed by atoms with Crippen molar-refractivity contribution in [1.82, 2.24) is 0 Å². The van der Waals surface area contributed by atoms with Crippen molar-refractivity contribution in [2.75, 3.05) is 5.32 Å². The Morgan fingerprint density at radius 3 is 2.65 bits per heavy atom. The van der Waals surface area contributed by atoms with E-state index in [2.05, 4.69) is 5.32 Å². The van der Waals surface area contributed by atoms with Gasteiger partial charge in [0, 0.05) is 12.0 Å². The summed E-state index contributed by atoms with van der Waals surface area (Å²) in [5, 5.41) is 3.34. The van der Waals surface area contributed by atoms with Gasteiger partial charge in [-0.3, -0.25) is 4.79 Å². The number of nitrogens with two attached hydrogens (primary N) is 1. The number of carbonyl (C=O) groups excluding carboxylic acids is 1. The molecule has 0 heterocycles. The maximum Gasteiger partial charge on any atom is 0.224 e. The first-order chi connectivity index (χ1) is 7.78. The lowest BCUT2D eigenvalue weighted by Crippen LogP contribution is -2.33. The standard InChI is InChI=1S/C13H19ClN2O/c1-9-4-5-11(10(14)8-9)16-12(17)6-7-13(2,3)15/h4-5,8H,6-7,15H2,1-3H3,(H,16,17). The molecule has 0 atom stereocenters. The third-order valence-electron chi connectivity index (χ3n) is 2.40. The van der Waals surface area contributed by atoms with Gasteiger partial charge in [0.15, 0.2) is 0 Å². The predicted octanol–water partition coefficient (Wildman–Crippen LogP) is 3.10. The van der Waals surface area contributed by atoms with Crippen LogP contribution in [0.4, 0.5) is 5.69 Å². The minimum atomic E-state index is -0.325. The first-order valence-electron chi connectivity index (χ1n) is 5.63. The third kappa shape index (κ3) is 5.20. The van der Waals surface area contributed by atoms with Gasteiger partial charge in [0.25, 0.3) is 0 Å². The largest absolute Gasteiger partial charge is 0.326 e. The number of amides is 1. The zero-order chi connectivity index (χ0) is 13.1. The summed E-state index contributed by atoms with van der Waals surface area (Å²) < 4.78 is 0. The minimum absolute atomic E-state index is 0.0609. The van der Waals surface area contributed by atoms with Crippen LogP contribution in [0.25, 0.3) is 0 Å². The lowest BCUT2D eigenvalue weighted by molar-refractivity contribution is -0.116. The quantitative estimate of drug-likeness (QED) is 0.868. The number of anilines is 1. The van der Waals surface area contributed by atoms with Crippen LogP contribution in [0.3, 0.4) is 0 Å². The summed E-state index contributed by atoms with van der Waals surface area (Å²) in [6.45, 7) is 5.76. The molecular formula is C13H19ClN2O. The number of halogens is 1. The lowest BCUT2D eigenvalue weighted by atomic mass is 10.00. The summed E-state index contributed by atoms with van der Waals surface area (Å²) in [6, 6.07) is 5.54. The summed E-state index contributed by atoms with van der Waals surface area (Å²) in [6.07, 6.45) is 1.04. The van der Waals surface area contributed by atoms with Crippen LogP contribution in [0, 0.1) is 6.92 Å². The Morgan fingerprint density at radius 1 is 1.47 bits per heavy atom. The number of hydrogen-bond donors (Lipinski definition) is 2. The van der Waals surface area contributed by atoms with Crippen molar-refractivity contribution >= 4 is 23.2 Å². The molecule has 1 amide bonds. The van der Waals surface area contributed by atoms with Gasteiger partial charge >= 0.3 is 0 Å². The van der Waals surface area contributed by atoms with E-state index in [1.165, 1.54) is 0 Å². The molecule has 1 aromatic rings. The van der Waals surface area contributed by atoms with Crippen molar-refractivity contribution < 1.29 is 4.79 Å². The highest BCUT2D eigenvalue weighted by Gasteiger charge is 2.13.